The second-order valence-electron chi connectivity index (χ2n) is 3.70. The van der Waals surface area contributed by atoms with Crippen LogP contribution in [0.2, 0.25) is 0 Å². The molecule has 0 spiro atoms. The van der Waals surface area contributed by atoms with Crippen molar-refractivity contribution in [1.82, 2.24) is 10.2 Å². The highest BCUT2D eigenvalue weighted by Crippen LogP contribution is 1.97. The molecule has 0 rings (SSSR count). The van der Waals surface area contributed by atoms with Crippen molar-refractivity contribution in [2.24, 2.45) is 5.73 Å². The summed E-state index contributed by atoms with van der Waals surface area (Å²) < 4.78 is 0. The Hall–Kier alpha value is -1.63. The fraction of sp³-hybridized carbons (Fsp3) is 0.667. The van der Waals surface area contributed by atoms with Gasteiger partial charge in [-0.3, -0.25) is 9.59 Å². The van der Waals surface area contributed by atoms with E-state index in [1.807, 2.05) is 0 Å². The zero-order valence-corrected chi connectivity index (χ0v) is 9.40. The van der Waals surface area contributed by atoms with Gasteiger partial charge in [-0.1, -0.05) is 0 Å². The average Bonchev–Trinajstić information content (AvgIpc) is 2.09. The van der Waals surface area contributed by atoms with Crippen molar-refractivity contribution < 1.29 is 19.5 Å². The van der Waals surface area contributed by atoms with E-state index in [4.69, 9.17) is 10.8 Å². The summed E-state index contributed by atoms with van der Waals surface area (Å²) in [6, 6.07) is -1.07. The van der Waals surface area contributed by atoms with Crippen molar-refractivity contribution in [3.05, 3.63) is 0 Å². The number of nitrogens with one attached hydrogen (secondary N) is 1. The Morgan fingerprint density at radius 3 is 2.31 bits per heavy atom. The average molecular weight is 231 g/mol. The molecule has 0 aromatic heterocycles. The highest BCUT2D eigenvalue weighted by Gasteiger charge is 2.20. The molecule has 0 fully saturated rings. The predicted molar refractivity (Wildman–Crippen MR) is 56.5 cm³/mol. The highest BCUT2D eigenvalue weighted by molar-refractivity contribution is 5.85. The van der Waals surface area contributed by atoms with E-state index in [2.05, 4.69) is 5.32 Å². The number of nitrogens with two attached hydrogens (primary N) is 1. The Kier molecular flexibility index (Phi) is 6.09. The third kappa shape index (κ3) is 6.77. The minimum absolute atomic E-state index is 0.00380. The van der Waals surface area contributed by atoms with E-state index >= 15 is 0 Å². The third-order valence-electron chi connectivity index (χ3n) is 1.77. The van der Waals surface area contributed by atoms with Crippen molar-refractivity contribution in [3.8, 4) is 0 Å². The number of amides is 2. The van der Waals surface area contributed by atoms with Crippen molar-refractivity contribution in [2.75, 3.05) is 20.6 Å². The van der Waals surface area contributed by atoms with Gasteiger partial charge in [0.2, 0.25) is 11.8 Å². The molecule has 0 bridgehead atoms. The predicted octanol–water partition coefficient (Wildman–Crippen LogP) is -1.62. The van der Waals surface area contributed by atoms with Gasteiger partial charge in [0.15, 0.2) is 0 Å². The molecule has 0 saturated carbocycles. The normalized spacial score (nSPS) is 12.2. The number of primary amides is 1. The van der Waals surface area contributed by atoms with E-state index in [0.29, 0.717) is 0 Å². The molecule has 7 heteroatoms. The Balaban J connectivity index is 4.17. The van der Waals surface area contributed by atoms with Crippen LogP contribution in [0.4, 0.5) is 0 Å². The van der Waals surface area contributed by atoms with Crippen LogP contribution in [-0.2, 0) is 14.4 Å². The van der Waals surface area contributed by atoms with Gasteiger partial charge in [-0.05, 0) is 20.5 Å². The maximum Gasteiger partial charge on any atom is 0.326 e. The molecule has 16 heavy (non-hydrogen) atoms. The first-order chi connectivity index (χ1) is 7.32. The van der Waals surface area contributed by atoms with Crippen LogP contribution in [0.1, 0.15) is 12.8 Å². The van der Waals surface area contributed by atoms with Crippen LogP contribution in [0.15, 0.2) is 0 Å². The lowest BCUT2D eigenvalue weighted by Crippen LogP contribution is -2.44. The van der Waals surface area contributed by atoms with Gasteiger partial charge in [0, 0.05) is 6.42 Å². The number of likely N-dealkylation sites (N-methyl/N-ethyl adjacent to an activating group) is 1. The standard InChI is InChI=1S/C9H17N3O4/c1-12(2)5-8(14)11-6(9(15)16)3-4-7(10)13/h6H,3-5H2,1-2H3,(H2,10,13)(H,11,14)(H,15,16). The van der Waals surface area contributed by atoms with Gasteiger partial charge in [0.25, 0.3) is 0 Å². The van der Waals surface area contributed by atoms with Crippen molar-refractivity contribution in [3.63, 3.8) is 0 Å². The van der Waals surface area contributed by atoms with Gasteiger partial charge in [-0.2, -0.15) is 0 Å². The maximum absolute atomic E-state index is 11.3. The van der Waals surface area contributed by atoms with E-state index in [0.717, 1.165) is 0 Å². The molecular formula is C9H17N3O4. The molecule has 0 aromatic rings. The molecule has 92 valence electrons. The smallest absolute Gasteiger partial charge is 0.326 e. The molecule has 0 radical (unpaired) electrons. The van der Waals surface area contributed by atoms with Crippen molar-refractivity contribution in [1.29, 1.82) is 0 Å². The summed E-state index contributed by atoms with van der Waals surface area (Å²) in [7, 11) is 3.39. The Labute approximate surface area is 93.6 Å². The molecule has 4 N–H and O–H groups in total. The van der Waals surface area contributed by atoms with Crippen LogP contribution < -0.4 is 11.1 Å². The third-order valence-corrected chi connectivity index (χ3v) is 1.77. The fourth-order valence-electron chi connectivity index (χ4n) is 1.07. The zero-order valence-electron chi connectivity index (χ0n) is 9.40. The number of carbonyl (C=O) groups is 3. The van der Waals surface area contributed by atoms with Crippen LogP contribution in [-0.4, -0.2) is 54.5 Å². The number of rotatable bonds is 7. The first kappa shape index (κ1) is 14.4. The molecule has 0 heterocycles. The van der Waals surface area contributed by atoms with Gasteiger partial charge < -0.3 is 21.1 Å². The fourth-order valence-corrected chi connectivity index (χ4v) is 1.07. The summed E-state index contributed by atoms with van der Waals surface area (Å²) in [4.78, 5) is 34.1. The Bertz CT molecular complexity index is 278. The van der Waals surface area contributed by atoms with Gasteiger partial charge in [-0.25, -0.2) is 4.79 Å². The highest BCUT2D eigenvalue weighted by atomic mass is 16.4. The SMILES string of the molecule is CN(C)CC(=O)NC(CCC(N)=O)C(=O)O. The maximum atomic E-state index is 11.3. The second kappa shape index (κ2) is 6.78. The number of hydrogen-bond donors (Lipinski definition) is 3. The van der Waals surface area contributed by atoms with Crippen LogP contribution in [0.5, 0.6) is 0 Å². The van der Waals surface area contributed by atoms with E-state index < -0.39 is 23.8 Å². The molecule has 0 aliphatic heterocycles. The van der Waals surface area contributed by atoms with Gasteiger partial charge in [-0.15, -0.1) is 0 Å². The van der Waals surface area contributed by atoms with Crippen molar-refractivity contribution >= 4 is 17.8 Å². The minimum atomic E-state index is -1.17. The van der Waals surface area contributed by atoms with Gasteiger partial charge in [0.05, 0.1) is 6.54 Å². The summed E-state index contributed by atoms with van der Waals surface area (Å²) in [5.74, 6) is -2.16. The molecule has 7 nitrogen and oxygen atoms in total. The number of carboxylic acids is 1. The molecule has 2 amide bonds. The summed E-state index contributed by atoms with van der Waals surface area (Å²) in [5.41, 5.74) is 4.90. The summed E-state index contributed by atoms with van der Waals surface area (Å²) in [5, 5.41) is 11.1. The molecule has 1 unspecified atom stereocenters. The molecule has 0 aliphatic rings. The zero-order chi connectivity index (χ0) is 12.7. The van der Waals surface area contributed by atoms with E-state index in [1.54, 1.807) is 19.0 Å². The monoisotopic (exact) mass is 231 g/mol. The number of carbonyl (C=O) groups excluding carboxylic acids is 2. The van der Waals surface area contributed by atoms with Crippen LogP contribution in [0.25, 0.3) is 0 Å². The number of hydrogen-bond acceptors (Lipinski definition) is 4. The molecule has 0 saturated heterocycles. The lowest BCUT2D eigenvalue weighted by molar-refractivity contribution is -0.142. The molecule has 0 aliphatic carbocycles. The second-order valence-corrected chi connectivity index (χ2v) is 3.70. The van der Waals surface area contributed by atoms with Crippen LogP contribution in [0.3, 0.4) is 0 Å². The molecule has 0 aromatic carbocycles. The number of nitrogens with zero attached hydrogens (tertiary/aromatic N) is 1. The van der Waals surface area contributed by atoms with Crippen molar-refractivity contribution in [2.45, 2.75) is 18.9 Å². The molecule has 1 atom stereocenters. The topological polar surface area (TPSA) is 113 Å². The van der Waals surface area contributed by atoms with Gasteiger partial charge in [0.1, 0.15) is 6.04 Å². The first-order valence-corrected chi connectivity index (χ1v) is 4.78. The van der Waals surface area contributed by atoms with Crippen LogP contribution in [0, 0.1) is 0 Å². The first-order valence-electron chi connectivity index (χ1n) is 4.78. The lowest BCUT2D eigenvalue weighted by Gasteiger charge is -2.15. The number of aliphatic carboxylic acids is 1. The van der Waals surface area contributed by atoms with Gasteiger partial charge >= 0.3 is 5.97 Å². The Morgan fingerprint density at radius 1 is 1.38 bits per heavy atom. The van der Waals surface area contributed by atoms with E-state index in [9.17, 15) is 14.4 Å². The van der Waals surface area contributed by atoms with E-state index in [-0.39, 0.29) is 19.4 Å². The Morgan fingerprint density at radius 2 is 1.94 bits per heavy atom. The quantitative estimate of drug-likeness (QED) is 0.487. The largest absolute Gasteiger partial charge is 0.480 e. The number of carboxylic acid groups (broad SMARTS) is 1. The molecular weight excluding hydrogens is 214 g/mol. The van der Waals surface area contributed by atoms with Crippen LogP contribution >= 0.6 is 0 Å². The minimum Gasteiger partial charge on any atom is -0.480 e. The summed E-state index contributed by atoms with van der Waals surface area (Å²) >= 11 is 0. The lowest BCUT2D eigenvalue weighted by atomic mass is 10.1. The van der Waals surface area contributed by atoms with E-state index in [1.165, 1.54) is 0 Å². The summed E-state index contributed by atoms with van der Waals surface area (Å²) in [6.45, 7) is 0.0976. The summed E-state index contributed by atoms with van der Waals surface area (Å²) in [6.07, 6.45) is -0.0664.